The summed E-state index contributed by atoms with van der Waals surface area (Å²) in [6, 6.07) is 7.74. The smallest absolute Gasteiger partial charge is 0.189 e. The maximum atomic E-state index is 12.3. The van der Waals surface area contributed by atoms with Gasteiger partial charge >= 0.3 is 0 Å². The number of Topliss-reactive ketones (excluding diaryl/α,β-unsaturated/α-hetero) is 1. The Balaban J connectivity index is 2.21. The predicted octanol–water partition coefficient (Wildman–Crippen LogP) is 3.04. The number of benzene rings is 1. The second kappa shape index (κ2) is 4.05. The average Bonchev–Trinajstić information content (AvgIpc) is 2.84. The van der Waals surface area contributed by atoms with Gasteiger partial charge in [-0.05, 0) is 26.0 Å². The van der Waals surface area contributed by atoms with E-state index in [-0.39, 0.29) is 11.6 Å². The Hall–Kier alpha value is -2.42. The molecule has 0 bridgehead atoms. The van der Waals surface area contributed by atoms with Gasteiger partial charge in [0.15, 0.2) is 11.6 Å². The van der Waals surface area contributed by atoms with E-state index in [4.69, 9.17) is 0 Å². The lowest BCUT2D eigenvalue weighted by Gasteiger charge is -2.13. The van der Waals surface area contributed by atoms with Gasteiger partial charge in [-0.15, -0.1) is 0 Å². The largest absolute Gasteiger partial charge is 0.361 e. The molecule has 0 amide bonds. The summed E-state index contributed by atoms with van der Waals surface area (Å²) in [5.74, 6) is -0.153. The van der Waals surface area contributed by atoms with Crippen LogP contribution in [0.25, 0.3) is 16.5 Å². The third kappa shape index (κ3) is 1.66. The lowest BCUT2D eigenvalue weighted by Crippen LogP contribution is -2.15. The van der Waals surface area contributed by atoms with Crippen LogP contribution in [-0.2, 0) is 9.59 Å². The van der Waals surface area contributed by atoms with E-state index >= 15 is 0 Å². The molecule has 0 unspecified atom stereocenters. The molecule has 1 aromatic heterocycles. The zero-order valence-corrected chi connectivity index (χ0v) is 10.8. The molecule has 0 atom stereocenters. The van der Waals surface area contributed by atoms with E-state index in [1.807, 2.05) is 24.3 Å². The molecule has 0 fully saturated rings. The van der Waals surface area contributed by atoms with Crippen LogP contribution in [0.1, 0.15) is 19.4 Å². The Morgan fingerprint density at radius 3 is 2.53 bits per heavy atom. The fourth-order valence-corrected chi connectivity index (χ4v) is 2.36. The first-order valence-corrected chi connectivity index (χ1v) is 6.14. The second-order valence-electron chi connectivity index (χ2n) is 4.75. The van der Waals surface area contributed by atoms with Crippen LogP contribution in [-0.4, -0.2) is 16.6 Å². The van der Waals surface area contributed by atoms with Crippen LogP contribution in [0.15, 0.2) is 47.7 Å². The van der Waals surface area contributed by atoms with E-state index in [0.717, 1.165) is 16.5 Å². The van der Waals surface area contributed by atoms with Gasteiger partial charge in [0.2, 0.25) is 0 Å². The van der Waals surface area contributed by atoms with Crippen molar-refractivity contribution >= 4 is 28.0 Å². The zero-order valence-electron chi connectivity index (χ0n) is 10.8. The van der Waals surface area contributed by atoms with Crippen molar-refractivity contribution in [3.05, 3.63) is 53.2 Å². The molecule has 0 aliphatic heterocycles. The number of hydrogen-bond acceptors (Lipinski definition) is 2. The normalized spacial score (nSPS) is 16.2. The molecule has 0 radical (unpaired) electrons. The molecule has 2 aromatic rings. The van der Waals surface area contributed by atoms with Crippen molar-refractivity contribution in [2.75, 3.05) is 0 Å². The number of para-hydroxylation sites is 1. The minimum atomic E-state index is -0.0858. The number of aromatic nitrogens is 1. The number of carbonyl (C=O) groups excluding carboxylic acids is 2. The van der Waals surface area contributed by atoms with Gasteiger partial charge in [-0.25, -0.2) is 0 Å². The summed E-state index contributed by atoms with van der Waals surface area (Å²) in [4.78, 5) is 27.4. The predicted molar refractivity (Wildman–Crippen MR) is 74.7 cm³/mol. The number of H-pyrrole nitrogens is 1. The average molecular weight is 251 g/mol. The molecule has 0 saturated carbocycles. The van der Waals surface area contributed by atoms with Crippen molar-refractivity contribution in [2.45, 2.75) is 13.8 Å². The molecule has 1 aliphatic carbocycles. The van der Waals surface area contributed by atoms with Crippen molar-refractivity contribution < 1.29 is 9.59 Å². The van der Waals surface area contributed by atoms with Crippen LogP contribution in [0.5, 0.6) is 0 Å². The first-order valence-electron chi connectivity index (χ1n) is 6.14. The Kier molecular flexibility index (Phi) is 2.49. The molecule has 1 N–H and O–H groups in total. The lowest BCUT2D eigenvalue weighted by molar-refractivity contribution is -0.114. The SMILES string of the molecule is CC1=C(C)C(=O)C(c2c[nH]c3ccccc23)=CC1=O. The molecule has 3 heteroatoms. The Morgan fingerprint density at radius 1 is 1.00 bits per heavy atom. The zero-order chi connectivity index (χ0) is 13.6. The summed E-state index contributed by atoms with van der Waals surface area (Å²) >= 11 is 0. The van der Waals surface area contributed by atoms with E-state index in [2.05, 4.69) is 4.98 Å². The van der Waals surface area contributed by atoms with Gasteiger partial charge in [0, 0.05) is 39.4 Å². The summed E-state index contributed by atoms with van der Waals surface area (Å²) < 4.78 is 0. The van der Waals surface area contributed by atoms with Crippen LogP contribution in [0.2, 0.25) is 0 Å². The molecular formula is C16H13NO2. The molecule has 0 saturated heterocycles. The van der Waals surface area contributed by atoms with E-state index in [1.54, 1.807) is 20.0 Å². The van der Waals surface area contributed by atoms with Crippen molar-refractivity contribution in [3.8, 4) is 0 Å². The van der Waals surface area contributed by atoms with Gasteiger partial charge in [0.1, 0.15) is 0 Å². The molecule has 3 rings (SSSR count). The standard InChI is InChI=1S/C16H13NO2/c1-9-10(2)16(19)12(7-15(9)18)13-8-17-14-6-4-3-5-11(13)14/h3-8,17H,1-2H3. The number of carbonyl (C=O) groups is 2. The third-order valence-electron chi connectivity index (χ3n) is 3.67. The van der Waals surface area contributed by atoms with Crippen LogP contribution < -0.4 is 0 Å². The van der Waals surface area contributed by atoms with Crippen LogP contribution in [0.4, 0.5) is 0 Å². The summed E-state index contributed by atoms with van der Waals surface area (Å²) in [5.41, 5.74) is 3.30. The Morgan fingerprint density at radius 2 is 1.74 bits per heavy atom. The number of hydrogen-bond donors (Lipinski definition) is 1. The summed E-state index contributed by atoms with van der Waals surface area (Å²) in [5, 5.41) is 0.960. The number of ketones is 2. The van der Waals surface area contributed by atoms with Gasteiger partial charge in [-0.2, -0.15) is 0 Å². The van der Waals surface area contributed by atoms with Crippen LogP contribution >= 0.6 is 0 Å². The molecule has 3 nitrogen and oxygen atoms in total. The summed E-state index contributed by atoms with van der Waals surface area (Å²) in [7, 11) is 0. The van der Waals surface area contributed by atoms with Crippen LogP contribution in [0, 0.1) is 0 Å². The Labute approximate surface area is 110 Å². The van der Waals surface area contributed by atoms with Gasteiger partial charge in [-0.3, -0.25) is 9.59 Å². The fraction of sp³-hybridized carbons (Fsp3) is 0.125. The van der Waals surface area contributed by atoms with E-state index in [0.29, 0.717) is 16.7 Å². The fourth-order valence-electron chi connectivity index (χ4n) is 2.36. The number of rotatable bonds is 1. The molecule has 1 aromatic carbocycles. The third-order valence-corrected chi connectivity index (χ3v) is 3.67. The lowest BCUT2D eigenvalue weighted by atomic mass is 9.87. The van der Waals surface area contributed by atoms with Gasteiger partial charge in [0.05, 0.1) is 0 Å². The molecule has 94 valence electrons. The quantitative estimate of drug-likeness (QED) is 0.792. The highest BCUT2D eigenvalue weighted by Crippen LogP contribution is 2.30. The van der Waals surface area contributed by atoms with Crippen LogP contribution in [0.3, 0.4) is 0 Å². The summed E-state index contributed by atoms with van der Waals surface area (Å²) in [6.45, 7) is 3.40. The van der Waals surface area contributed by atoms with Gasteiger partial charge in [-0.1, -0.05) is 18.2 Å². The van der Waals surface area contributed by atoms with E-state index < -0.39 is 0 Å². The first kappa shape index (κ1) is 11.7. The highest BCUT2D eigenvalue weighted by atomic mass is 16.1. The highest BCUT2D eigenvalue weighted by Gasteiger charge is 2.25. The summed E-state index contributed by atoms with van der Waals surface area (Å²) in [6.07, 6.45) is 3.23. The Bertz CT molecular complexity index is 775. The molecule has 19 heavy (non-hydrogen) atoms. The van der Waals surface area contributed by atoms with Crippen molar-refractivity contribution in [1.82, 2.24) is 4.98 Å². The molecular weight excluding hydrogens is 238 g/mol. The first-order chi connectivity index (χ1) is 9.09. The van der Waals surface area contributed by atoms with Crippen molar-refractivity contribution in [2.24, 2.45) is 0 Å². The maximum Gasteiger partial charge on any atom is 0.189 e. The van der Waals surface area contributed by atoms with Gasteiger partial charge in [0.25, 0.3) is 0 Å². The minimum Gasteiger partial charge on any atom is -0.361 e. The molecule has 1 aliphatic rings. The van der Waals surface area contributed by atoms with Crippen molar-refractivity contribution in [3.63, 3.8) is 0 Å². The van der Waals surface area contributed by atoms with Gasteiger partial charge < -0.3 is 4.98 Å². The topological polar surface area (TPSA) is 49.9 Å². The number of fused-ring (bicyclic) bond motifs is 1. The number of aromatic amines is 1. The number of nitrogens with one attached hydrogen (secondary N) is 1. The highest BCUT2D eigenvalue weighted by molar-refractivity contribution is 6.38. The molecule has 1 heterocycles. The minimum absolute atomic E-state index is 0.0677. The second-order valence-corrected chi connectivity index (χ2v) is 4.75. The molecule has 0 spiro atoms. The maximum absolute atomic E-state index is 12.3. The van der Waals surface area contributed by atoms with Crippen molar-refractivity contribution in [1.29, 1.82) is 0 Å². The monoisotopic (exact) mass is 251 g/mol. The number of allylic oxidation sites excluding steroid dienone is 4. The van der Waals surface area contributed by atoms with E-state index in [1.165, 1.54) is 6.08 Å². The van der Waals surface area contributed by atoms with E-state index in [9.17, 15) is 9.59 Å².